The zero-order valence-corrected chi connectivity index (χ0v) is 37.1. The molecular weight excluding hydrogens is 817 g/mol. The summed E-state index contributed by atoms with van der Waals surface area (Å²) in [6, 6.07) is 91.1. The van der Waals surface area contributed by atoms with Gasteiger partial charge in [0.1, 0.15) is 0 Å². The van der Waals surface area contributed by atoms with Gasteiger partial charge in [-0.1, -0.05) is 231 Å². The summed E-state index contributed by atoms with van der Waals surface area (Å²) in [5.74, 6) is 0. The summed E-state index contributed by atoms with van der Waals surface area (Å²) in [6.45, 7) is 0. The first-order chi connectivity index (χ1) is 33.8. The van der Waals surface area contributed by atoms with E-state index in [1.807, 2.05) is 0 Å². The minimum atomic E-state index is 1.23. The predicted molar refractivity (Wildman–Crippen MR) is 294 cm³/mol. The van der Waals surface area contributed by atoms with Crippen molar-refractivity contribution in [2.45, 2.75) is 0 Å². The monoisotopic (exact) mass is 856 g/mol. The summed E-state index contributed by atoms with van der Waals surface area (Å²) in [7, 11) is 0. The van der Waals surface area contributed by atoms with Crippen molar-refractivity contribution in [1.82, 2.24) is 0 Å². The molecular formula is C68H40. The summed E-state index contributed by atoms with van der Waals surface area (Å²) in [5.41, 5.74) is 10.1. The fourth-order valence-electron chi connectivity index (χ4n) is 12.5. The first-order valence-corrected chi connectivity index (χ1v) is 23.8. The standard InChI is InChI=1S/C68H40/c1-3-19-41(20-4-1)61-45-25-7-11-29-51(45)65(52-30-12-8-26-46(52)61)59-39-43-23-15-33-50-56-36-18-38-58-60(40-44-24-16-34-49(64(44)68(56)58)55-35-17-37-57(59)67(55)63(43)50)66-53-31-13-9-27-47(53)62(42-21-5-2-6-22-42)48-28-10-14-32-54(48)66/h1-40H. The van der Waals surface area contributed by atoms with Crippen LogP contribution in [0.3, 0.4) is 0 Å². The maximum Gasteiger partial charge on any atom is -0.00141 e. The molecule has 0 heterocycles. The highest BCUT2D eigenvalue weighted by atomic mass is 14.3. The third-order valence-corrected chi connectivity index (χ3v) is 15.1. The van der Waals surface area contributed by atoms with Crippen LogP contribution in [0.2, 0.25) is 0 Å². The van der Waals surface area contributed by atoms with Gasteiger partial charge in [-0.2, -0.15) is 0 Å². The Kier molecular flexibility index (Phi) is 7.88. The normalized spacial score (nSPS) is 12.1. The summed E-state index contributed by atoms with van der Waals surface area (Å²) in [6.07, 6.45) is 0. The maximum atomic E-state index is 2.49. The van der Waals surface area contributed by atoms with Crippen LogP contribution in [0.1, 0.15) is 0 Å². The molecule has 312 valence electrons. The molecule has 0 aromatic heterocycles. The van der Waals surface area contributed by atoms with Crippen molar-refractivity contribution in [2.75, 3.05) is 0 Å². The highest BCUT2D eigenvalue weighted by molar-refractivity contribution is 6.40. The lowest BCUT2D eigenvalue weighted by atomic mass is 9.80. The second-order valence-corrected chi connectivity index (χ2v) is 18.5. The van der Waals surface area contributed by atoms with Crippen molar-refractivity contribution in [3.63, 3.8) is 0 Å². The molecule has 15 rings (SSSR count). The Balaban J connectivity index is 1.10. The molecule has 15 aromatic rings. The molecule has 0 amide bonds. The second kappa shape index (κ2) is 14.3. The Labute approximate surface area is 392 Å². The van der Waals surface area contributed by atoms with Crippen molar-refractivity contribution < 1.29 is 0 Å². The van der Waals surface area contributed by atoms with Crippen molar-refractivity contribution in [1.29, 1.82) is 0 Å². The van der Waals surface area contributed by atoms with E-state index in [-0.39, 0.29) is 0 Å². The van der Waals surface area contributed by atoms with E-state index in [9.17, 15) is 0 Å². The fraction of sp³-hybridized carbons (Fsp3) is 0. The van der Waals surface area contributed by atoms with Gasteiger partial charge in [-0.3, -0.25) is 0 Å². The fourth-order valence-corrected chi connectivity index (χ4v) is 12.5. The minimum Gasteiger partial charge on any atom is -0.0622 e. The molecule has 0 nitrogen and oxygen atoms in total. The van der Waals surface area contributed by atoms with E-state index in [0.717, 1.165) is 0 Å². The predicted octanol–water partition coefficient (Wildman–Crippen LogP) is 19.3. The van der Waals surface area contributed by atoms with Gasteiger partial charge in [-0.25, -0.2) is 0 Å². The van der Waals surface area contributed by atoms with Crippen LogP contribution < -0.4 is 0 Å². The van der Waals surface area contributed by atoms with Crippen LogP contribution in [-0.4, -0.2) is 0 Å². The van der Waals surface area contributed by atoms with Crippen molar-refractivity contribution in [3.8, 4) is 44.5 Å². The molecule has 0 aliphatic carbocycles. The van der Waals surface area contributed by atoms with Gasteiger partial charge in [-0.05, 0) is 164 Å². The van der Waals surface area contributed by atoms with Gasteiger partial charge < -0.3 is 0 Å². The second-order valence-electron chi connectivity index (χ2n) is 18.5. The lowest BCUT2D eigenvalue weighted by molar-refractivity contribution is 1.67. The third-order valence-electron chi connectivity index (χ3n) is 15.1. The number of hydrogen-bond donors (Lipinski definition) is 0. The Morgan fingerprint density at radius 1 is 0.162 bits per heavy atom. The summed E-state index contributed by atoms with van der Waals surface area (Å²) in [4.78, 5) is 0. The van der Waals surface area contributed by atoms with E-state index in [4.69, 9.17) is 0 Å². The summed E-state index contributed by atoms with van der Waals surface area (Å²) < 4.78 is 0. The molecule has 0 spiro atoms. The summed E-state index contributed by atoms with van der Waals surface area (Å²) in [5, 5.41) is 25.5. The molecule has 0 radical (unpaired) electrons. The highest BCUT2D eigenvalue weighted by Gasteiger charge is 2.24. The molecule has 0 fully saturated rings. The molecule has 0 atom stereocenters. The lowest BCUT2D eigenvalue weighted by Crippen LogP contribution is -1.94. The molecule has 68 heavy (non-hydrogen) atoms. The highest BCUT2D eigenvalue weighted by Crippen LogP contribution is 2.52. The zero-order valence-electron chi connectivity index (χ0n) is 37.1. The van der Waals surface area contributed by atoms with Gasteiger partial charge in [0.25, 0.3) is 0 Å². The minimum absolute atomic E-state index is 1.23. The van der Waals surface area contributed by atoms with Crippen molar-refractivity contribution >= 4 is 108 Å². The quantitative estimate of drug-likeness (QED) is 0.122. The maximum absolute atomic E-state index is 2.49. The van der Waals surface area contributed by atoms with Crippen LogP contribution in [0.4, 0.5) is 0 Å². The molecule has 0 aliphatic rings. The number of fused-ring (bicyclic) bond motifs is 6. The number of hydrogen-bond acceptors (Lipinski definition) is 0. The van der Waals surface area contributed by atoms with Crippen LogP contribution in [-0.2, 0) is 0 Å². The Morgan fingerprint density at radius 2 is 0.412 bits per heavy atom. The first-order valence-electron chi connectivity index (χ1n) is 23.8. The average Bonchev–Trinajstić information content (AvgIpc) is 3.40. The van der Waals surface area contributed by atoms with Crippen LogP contribution in [0.5, 0.6) is 0 Å². The Hall–Kier alpha value is -8.84. The smallest absolute Gasteiger partial charge is 0.00141 e. The van der Waals surface area contributed by atoms with Gasteiger partial charge in [0, 0.05) is 0 Å². The molecule has 0 saturated heterocycles. The van der Waals surface area contributed by atoms with E-state index in [2.05, 4.69) is 243 Å². The first kappa shape index (κ1) is 37.4. The van der Waals surface area contributed by atoms with E-state index in [0.29, 0.717) is 0 Å². The summed E-state index contributed by atoms with van der Waals surface area (Å²) >= 11 is 0. The van der Waals surface area contributed by atoms with E-state index >= 15 is 0 Å². The van der Waals surface area contributed by atoms with Crippen molar-refractivity contribution in [2.24, 2.45) is 0 Å². The van der Waals surface area contributed by atoms with Gasteiger partial charge >= 0.3 is 0 Å². The average molecular weight is 857 g/mol. The van der Waals surface area contributed by atoms with E-state index in [1.165, 1.54) is 152 Å². The number of rotatable bonds is 4. The molecule has 0 unspecified atom stereocenters. The van der Waals surface area contributed by atoms with E-state index < -0.39 is 0 Å². The number of benzene rings is 14. The van der Waals surface area contributed by atoms with Gasteiger partial charge in [0.15, 0.2) is 0 Å². The molecule has 0 bridgehead atoms. The SMILES string of the molecule is c1ccc(-c2c3ccccc3c(-c3cc4cccc5c6cccc7c(-c8c9ccccc9c(-c9ccccc9)c9ccccc89)cc8cccc(c9cccc3c9c45)c8c76)c3ccccc23)cc1. The molecule has 0 heteroatoms. The Morgan fingerprint density at radius 3 is 0.750 bits per heavy atom. The molecule has 0 saturated carbocycles. The zero-order chi connectivity index (χ0) is 44.5. The van der Waals surface area contributed by atoms with Gasteiger partial charge in [0.05, 0.1) is 0 Å². The lowest BCUT2D eigenvalue weighted by Gasteiger charge is -2.22. The third kappa shape index (κ3) is 5.15. The molecule has 15 aromatic carbocycles. The van der Waals surface area contributed by atoms with Gasteiger partial charge in [-0.15, -0.1) is 0 Å². The van der Waals surface area contributed by atoms with Crippen LogP contribution >= 0.6 is 0 Å². The van der Waals surface area contributed by atoms with Crippen LogP contribution in [0.15, 0.2) is 243 Å². The molecule has 0 aliphatic heterocycles. The van der Waals surface area contributed by atoms with Gasteiger partial charge in [0.2, 0.25) is 0 Å². The Bertz CT molecular complexity index is 4170. The largest absolute Gasteiger partial charge is 0.0622 e. The topological polar surface area (TPSA) is 0 Å². The van der Waals surface area contributed by atoms with Crippen LogP contribution in [0.25, 0.3) is 152 Å². The molecule has 0 N–H and O–H groups in total. The van der Waals surface area contributed by atoms with Crippen molar-refractivity contribution in [3.05, 3.63) is 243 Å². The van der Waals surface area contributed by atoms with E-state index in [1.54, 1.807) is 0 Å². The van der Waals surface area contributed by atoms with Crippen LogP contribution in [0, 0.1) is 0 Å².